The third-order valence-electron chi connectivity index (χ3n) is 0.944. The lowest BCUT2D eigenvalue weighted by atomic mass is 10.3. The minimum atomic E-state index is -0.218. The minimum absolute atomic E-state index is 0. The second-order valence-electron chi connectivity index (χ2n) is 1.67. The zero-order valence-electron chi connectivity index (χ0n) is 4.97. The van der Waals surface area contributed by atoms with Gasteiger partial charge in [0.15, 0.2) is 0 Å². The number of rotatable bonds is 0. The maximum Gasteiger partial charge on any atom is 0.136 e. The van der Waals surface area contributed by atoms with Crippen LogP contribution in [0.3, 0.4) is 0 Å². The molecule has 0 spiro atoms. The van der Waals surface area contributed by atoms with Gasteiger partial charge in [0.05, 0.1) is 3.57 Å². The van der Waals surface area contributed by atoms with Gasteiger partial charge in [0, 0.05) is 5.69 Å². The summed E-state index contributed by atoms with van der Waals surface area (Å²) < 4.78 is 13.0. The van der Waals surface area contributed by atoms with Crippen molar-refractivity contribution in [2.24, 2.45) is 0 Å². The molecule has 0 fully saturated rings. The highest BCUT2D eigenvalue weighted by molar-refractivity contribution is 14.1. The second-order valence-corrected chi connectivity index (χ2v) is 2.84. The van der Waals surface area contributed by atoms with Crippen LogP contribution in [0, 0.1) is 9.39 Å². The van der Waals surface area contributed by atoms with E-state index in [0.717, 1.165) is 0 Å². The first-order chi connectivity index (χ1) is 4.20. The van der Waals surface area contributed by atoms with Crippen LogP contribution in [0.1, 0.15) is 0 Å². The number of halogens is 3. The molecule has 4 heteroatoms. The van der Waals surface area contributed by atoms with Crippen molar-refractivity contribution in [1.29, 1.82) is 0 Å². The average molecular weight is 273 g/mol. The van der Waals surface area contributed by atoms with Crippen LogP contribution in [-0.2, 0) is 0 Å². The van der Waals surface area contributed by atoms with E-state index in [9.17, 15) is 4.39 Å². The first-order valence-corrected chi connectivity index (χ1v) is 3.48. The number of nitrogen functional groups attached to an aromatic ring is 1. The van der Waals surface area contributed by atoms with E-state index < -0.39 is 0 Å². The highest BCUT2D eigenvalue weighted by Gasteiger charge is 1.95. The molecule has 56 valence electrons. The largest absolute Gasteiger partial charge is 0.399 e. The van der Waals surface area contributed by atoms with Crippen molar-refractivity contribution in [3.05, 3.63) is 27.6 Å². The number of hydrogen-bond donors (Lipinski definition) is 1. The maximum absolute atomic E-state index is 12.4. The third-order valence-corrected chi connectivity index (χ3v) is 1.77. The van der Waals surface area contributed by atoms with Crippen LogP contribution < -0.4 is 5.73 Å². The second kappa shape index (κ2) is 3.98. The van der Waals surface area contributed by atoms with E-state index in [2.05, 4.69) is 0 Å². The molecule has 1 aromatic carbocycles. The van der Waals surface area contributed by atoms with Crippen molar-refractivity contribution in [3.8, 4) is 0 Å². The van der Waals surface area contributed by atoms with Gasteiger partial charge < -0.3 is 5.73 Å². The van der Waals surface area contributed by atoms with Gasteiger partial charge in [0.1, 0.15) is 5.82 Å². The molecule has 10 heavy (non-hydrogen) atoms. The van der Waals surface area contributed by atoms with Gasteiger partial charge in [-0.1, -0.05) is 0 Å². The fraction of sp³-hybridized carbons (Fsp3) is 0. The molecule has 0 atom stereocenters. The van der Waals surface area contributed by atoms with Crippen molar-refractivity contribution in [1.82, 2.24) is 0 Å². The Morgan fingerprint density at radius 3 is 2.40 bits per heavy atom. The lowest BCUT2D eigenvalue weighted by Gasteiger charge is -1.93. The molecule has 0 unspecified atom stereocenters. The van der Waals surface area contributed by atoms with Gasteiger partial charge in [-0.15, -0.1) is 12.4 Å². The average Bonchev–Trinajstić information content (AvgIpc) is 1.80. The summed E-state index contributed by atoms with van der Waals surface area (Å²) in [5.74, 6) is -0.218. The van der Waals surface area contributed by atoms with E-state index in [-0.39, 0.29) is 18.2 Å². The topological polar surface area (TPSA) is 26.0 Å². The van der Waals surface area contributed by atoms with E-state index in [1.54, 1.807) is 6.07 Å². The zero-order chi connectivity index (χ0) is 6.85. The number of anilines is 1. The summed E-state index contributed by atoms with van der Waals surface area (Å²) in [5, 5.41) is 0. The molecule has 0 radical (unpaired) electrons. The maximum atomic E-state index is 12.4. The molecule has 0 aliphatic heterocycles. The molecular formula is C6H6ClFIN. The van der Waals surface area contributed by atoms with Gasteiger partial charge in [0.25, 0.3) is 0 Å². The molecule has 1 rings (SSSR count). The number of nitrogens with two attached hydrogens (primary N) is 1. The summed E-state index contributed by atoms with van der Waals surface area (Å²) in [6, 6.07) is 4.49. The molecule has 0 aliphatic carbocycles. The van der Waals surface area contributed by atoms with Gasteiger partial charge in [-0.3, -0.25) is 0 Å². The van der Waals surface area contributed by atoms with Crippen molar-refractivity contribution in [2.45, 2.75) is 0 Å². The van der Waals surface area contributed by atoms with Crippen LogP contribution in [0.4, 0.5) is 10.1 Å². The molecule has 1 nitrogen and oxygen atoms in total. The van der Waals surface area contributed by atoms with Gasteiger partial charge in [-0.2, -0.15) is 0 Å². The predicted octanol–water partition coefficient (Wildman–Crippen LogP) is 2.43. The van der Waals surface area contributed by atoms with Crippen molar-refractivity contribution in [2.75, 3.05) is 5.73 Å². The van der Waals surface area contributed by atoms with E-state index in [1.807, 2.05) is 22.6 Å². The zero-order valence-corrected chi connectivity index (χ0v) is 7.95. The molecule has 0 amide bonds. The molecule has 0 aliphatic rings. The number of hydrogen-bond acceptors (Lipinski definition) is 1. The summed E-state index contributed by atoms with van der Waals surface area (Å²) >= 11 is 1.89. The summed E-state index contributed by atoms with van der Waals surface area (Å²) in [6.07, 6.45) is 0. The molecule has 1 aromatic rings. The van der Waals surface area contributed by atoms with Crippen molar-refractivity contribution >= 4 is 40.7 Å². The van der Waals surface area contributed by atoms with Crippen molar-refractivity contribution in [3.63, 3.8) is 0 Å². The highest BCUT2D eigenvalue weighted by atomic mass is 127. The van der Waals surface area contributed by atoms with Crippen LogP contribution >= 0.6 is 35.0 Å². The van der Waals surface area contributed by atoms with Crippen LogP contribution in [0.25, 0.3) is 0 Å². The Balaban J connectivity index is 0.000000810. The molecule has 0 saturated heterocycles. The van der Waals surface area contributed by atoms with Crippen molar-refractivity contribution < 1.29 is 4.39 Å². The fourth-order valence-corrected chi connectivity index (χ4v) is 1.05. The molecule has 0 bridgehead atoms. The Morgan fingerprint density at radius 1 is 1.40 bits per heavy atom. The van der Waals surface area contributed by atoms with Crippen LogP contribution in [0.5, 0.6) is 0 Å². The Labute approximate surface area is 78.4 Å². The Hall–Kier alpha value is -0.0300. The SMILES string of the molecule is Cl.Nc1ccc(F)c(I)c1. The quantitative estimate of drug-likeness (QED) is 0.570. The predicted molar refractivity (Wildman–Crippen MR) is 50.8 cm³/mol. The monoisotopic (exact) mass is 273 g/mol. The van der Waals surface area contributed by atoms with Gasteiger partial charge in [-0.25, -0.2) is 4.39 Å². The summed E-state index contributed by atoms with van der Waals surface area (Å²) in [7, 11) is 0. The van der Waals surface area contributed by atoms with E-state index in [4.69, 9.17) is 5.73 Å². The standard InChI is InChI=1S/C6H5FIN.ClH/c7-5-2-1-4(9)3-6(5)8;/h1-3H,9H2;1H. The molecule has 2 N–H and O–H groups in total. The van der Waals surface area contributed by atoms with Gasteiger partial charge in [-0.05, 0) is 40.8 Å². The Bertz CT molecular complexity index is 229. The minimum Gasteiger partial charge on any atom is -0.399 e. The van der Waals surface area contributed by atoms with E-state index in [1.165, 1.54) is 12.1 Å². The molecular weight excluding hydrogens is 267 g/mol. The van der Waals surface area contributed by atoms with E-state index >= 15 is 0 Å². The highest BCUT2D eigenvalue weighted by Crippen LogP contribution is 2.13. The lowest BCUT2D eigenvalue weighted by Crippen LogP contribution is -1.87. The van der Waals surface area contributed by atoms with Crippen LogP contribution in [-0.4, -0.2) is 0 Å². The fourth-order valence-electron chi connectivity index (χ4n) is 0.512. The third kappa shape index (κ3) is 2.30. The normalized spacial score (nSPS) is 8.60. The van der Waals surface area contributed by atoms with Gasteiger partial charge in [0.2, 0.25) is 0 Å². The molecule has 0 saturated carbocycles. The van der Waals surface area contributed by atoms with Crippen LogP contribution in [0.2, 0.25) is 0 Å². The molecule has 0 heterocycles. The lowest BCUT2D eigenvalue weighted by molar-refractivity contribution is 0.620. The number of benzene rings is 1. The first kappa shape index (κ1) is 9.97. The first-order valence-electron chi connectivity index (χ1n) is 2.40. The smallest absolute Gasteiger partial charge is 0.136 e. The van der Waals surface area contributed by atoms with E-state index in [0.29, 0.717) is 9.26 Å². The summed E-state index contributed by atoms with van der Waals surface area (Å²) in [6.45, 7) is 0. The van der Waals surface area contributed by atoms with Crippen LogP contribution in [0.15, 0.2) is 18.2 Å². The molecule has 0 aromatic heterocycles. The Kier molecular flexibility index (Phi) is 3.96. The van der Waals surface area contributed by atoms with Gasteiger partial charge >= 0.3 is 0 Å². The summed E-state index contributed by atoms with van der Waals surface area (Å²) in [4.78, 5) is 0. The summed E-state index contributed by atoms with van der Waals surface area (Å²) in [5.41, 5.74) is 5.95. The Morgan fingerprint density at radius 2 is 2.00 bits per heavy atom.